The van der Waals surface area contributed by atoms with Crippen molar-refractivity contribution in [1.82, 2.24) is 14.3 Å². The van der Waals surface area contributed by atoms with Crippen molar-refractivity contribution >= 4 is 5.69 Å². The minimum Gasteiger partial charge on any atom is -0.494 e. The molecule has 180 valence electrons. The molecule has 0 amide bonds. The lowest BCUT2D eigenvalue weighted by molar-refractivity contribution is 0.387. The van der Waals surface area contributed by atoms with Gasteiger partial charge in [0, 0.05) is 23.4 Å². The van der Waals surface area contributed by atoms with Gasteiger partial charge in [-0.3, -0.25) is 9.36 Å². The number of anilines is 1. The maximum Gasteiger partial charge on any atom is 0.347 e. The molecule has 0 radical (unpaired) electrons. The van der Waals surface area contributed by atoms with Gasteiger partial charge in [-0.2, -0.15) is 5.10 Å². The fourth-order valence-corrected chi connectivity index (χ4v) is 3.71. The van der Waals surface area contributed by atoms with Crippen LogP contribution in [-0.4, -0.2) is 21.5 Å². The first-order valence-corrected chi connectivity index (χ1v) is 10.6. The molecule has 1 aromatic heterocycles. The molecular formula is C25H21F3N4O3. The Morgan fingerprint density at radius 1 is 0.943 bits per heavy atom. The lowest BCUT2D eigenvalue weighted by atomic mass is 10.1. The van der Waals surface area contributed by atoms with Gasteiger partial charge in [-0.1, -0.05) is 30.3 Å². The third-order valence-electron chi connectivity index (χ3n) is 5.59. The summed E-state index contributed by atoms with van der Waals surface area (Å²) in [6.07, 6.45) is 0.208. The molecule has 10 heteroatoms. The van der Waals surface area contributed by atoms with Gasteiger partial charge in [0.1, 0.15) is 11.6 Å². The summed E-state index contributed by atoms with van der Waals surface area (Å²) in [6.45, 7) is -0.726. The molecule has 7 nitrogen and oxygen atoms in total. The maximum atomic E-state index is 15.0. The van der Waals surface area contributed by atoms with Crippen LogP contribution in [0.25, 0.3) is 11.3 Å². The van der Waals surface area contributed by atoms with Crippen LogP contribution >= 0.6 is 0 Å². The molecule has 4 rings (SSSR count). The first-order valence-electron chi connectivity index (χ1n) is 10.6. The molecule has 0 fully saturated rings. The number of nitrogens with two attached hydrogens (primary N) is 1. The van der Waals surface area contributed by atoms with Gasteiger partial charge in [-0.15, -0.1) is 0 Å². The molecule has 35 heavy (non-hydrogen) atoms. The van der Waals surface area contributed by atoms with Crippen LogP contribution in [0.15, 0.2) is 70.3 Å². The minimum atomic E-state index is -0.904. The van der Waals surface area contributed by atoms with E-state index >= 15 is 4.39 Å². The van der Waals surface area contributed by atoms with Crippen LogP contribution in [0.1, 0.15) is 11.1 Å². The van der Waals surface area contributed by atoms with Gasteiger partial charge >= 0.3 is 5.69 Å². The Kier molecular flexibility index (Phi) is 6.72. The summed E-state index contributed by atoms with van der Waals surface area (Å²) in [5.74, 6) is -2.77. The van der Waals surface area contributed by atoms with Crippen LogP contribution in [0.4, 0.5) is 18.9 Å². The molecule has 0 aliphatic heterocycles. The quantitative estimate of drug-likeness (QED) is 0.408. The van der Waals surface area contributed by atoms with Crippen LogP contribution in [0, 0.1) is 17.5 Å². The van der Waals surface area contributed by atoms with Crippen molar-refractivity contribution in [2.24, 2.45) is 0 Å². The highest BCUT2D eigenvalue weighted by Gasteiger charge is 2.21. The average molecular weight is 482 g/mol. The number of hydrogen-bond acceptors (Lipinski definition) is 5. The van der Waals surface area contributed by atoms with Gasteiger partial charge in [0.25, 0.3) is 5.56 Å². The monoisotopic (exact) mass is 482 g/mol. The Morgan fingerprint density at radius 3 is 2.31 bits per heavy atom. The molecule has 0 aliphatic carbocycles. The predicted octanol–water partition coefficient (Wildman–Crippen LogP) is 3.37. The van der Waals surface area contributed by atoms with Crippen molar-refractivity contribution in [3.63, 3.8) is 0 Å². The standard InChI is InChI=1S/C25H21F3N4O3/c1-35-21-11-4-7-16(22(21)28)23-24(33)31(13-12-15-6-2-3-10-20(15)29)25(34)32(30-23)14-17-18(26)8-5-9-19(17)27/h2-11H,12-14,29H2,1H3. The van der Waals surface area contributed by atoms with E-state index in [1.807, 2.05) is 0 Å². The van der Waals surface area contributed by atoms with Gasteiger partial charge in [0.2, 0.25) is 0 Å². The number of ether oxygens (including phenoxy) is 1. The second-order valence-electron chi connectivity index (χ2n) is 7.72. The Morgan fingerprint density at radius 2 is 1.63 bits per heavy atom. The molecule has 0 spiro atoms. The first kappa shape index (κ1) is 23.8. The number of para-hydroxylation sites is 1. The van der Waals surface area contributed by atoms with Crippen LogP contribution < -0.4 is 21.7 Å². The van der Waals surface area contributed by atoms with E-state index < -0.39 is 46.5 Å². The van der Waals surface area contributed by atoms with E-state index in [1.165, 1.54) is 31.4 Å². The zero-order chi connectivity index (χ0) is 25.1. The summed E-state index contributed by atoms with van der Waals surface area (Å²) in [4.78, 5) is 26.5. The van der Waals surface area contributed by atoms with E-state index in [4.69, 9.17) is 10.5 Å². The first-order chi connectivity index (χ1) is 16.8. The molecular weight excluding hydrogens is 461 g/mol. The lowest BCUT2D eigenvalue weighted by Gasteiger charge is -2.14. The molecule has 0 saturated carbocycles. The van der Waals surface area contributed by atoms with Crippen LogP contribution in [-0.2, 0) is 19.5 Å². The third kappa shape index (κ3) is 4.68. The van der Waals surface area contributed by atoms with Gasteiger partial charge in [0.05, 0.1) is 13.7 Å². The summed E-state index contributed by atoms with van der Waals surface area (Å²) in [6, 6.07) is 14.3. The second kappa shape index (κ2) is 9.88. The fraction of sp³-hybridized carbons (Fsp3) is 0.160. The van der Waals surface area contributed by atoms with E-state index in [1.54, 1.807) is 24.3 Å². The Labute approximate surface area is 197 Å². The number of benzene rings is 3. The number of halogens is 3. The molecule has 4 aromatic rings. The maximum absolute atomic E-state index is 15.0. The van der Waals surface area contributed by atoms with Crippen LogP contribution in [0.3, 0.4) is 0 Å². The fourth-order valence-electron chi connectivity index (χ4n) is 3.71. The Balaban J connectivity index is 1.89. The molecule has 0 aliphatic rings. The number of aromatic nitrogens is 3. The summed E-state index contributed by atoms with van der Waals surface area (Å²) in [5.41, 5.74) is 4.33. The number of hydrogen-bond donors (Lipinski definition) is 1. The number of nitrogens with zero attached hydrogens (tertiary/aromatic N) is 3. The van der Waals surface area contributed by atoms with Crippen molar-refractivity contribution in [3.05, 3.63) is 110 Å². The predicted molar refractivity (Wildman–Crippen MR) is 125 cm³/mol. The summed E-state index contributed by atoms with van der Waals surface area (Å²) in [7, 11) is 1.26. The highest BCUT2D eigenvalue weighted by molar-refractivity contribution is 5.61. The van der Waals surface area contributed by atoms with Crippen molar-refractivity contribution in [1.29, 1.82) is 0 Å². The van der Waals surface area contributed by atoms with Gasteiger partial charge < -0.3 is 10.5 Å². The summed E-state index contributed by atoms with van der Waals surface area (Å²) in [5, 5.41) is 4.01. The lowest BCUT2D eigenvalue weighted by Crippen LogP contribution is -2.43. The van der Waals surface area contributed by atoms with Crippen molar-refractivity contribution in [2.45, 2.75) is 19.5 Å². The van der Waals surface area contributed by atoms with Crippen LogP contribution in [0.5, 0.6) is 5.75 Å². The zero-order valence-electron chi connectivity index (χ0n) is 18.7. The Hall–Kier alpha value is -4.34. The Bertz CT molecular complexity index is 1490. The van der Waals surface area contributed by atoms with Crippen molar-refractivity contribution in [2.75, 3.05) is 12.8 Å². The van der Waals surface area contributed by atoms with Gasteiger partial charge in [0.15, 0.2) is 17.3 Å². The minimum absolute atomic E-state index is 0.118. The van der Waals surface area contributed by atoms with E-state index in [9.17, 15) is 18.4 Å². The molecule has 3 aromatic carbocycles. The molecule has 0 unspecified atom stereocenters. The summed E-state index contributed by atoms with van der Waals surface area (Å²) < 4.78 is 50.2. The molecule has 0 bridgehead atoms. The number of aryl methyl sites for hydroxylation is 1. The highest BCUT2D eigenvalue weighted by atomic mass is 19.1. The highest BCUT2D eigenvalue weighted by Crippen LogP contribution is 2.26. The number of rotatable bonds is 7. The molecule has 2 N–H and O–H groups in total. The van der Waals surface area contributed by atoms with E-state index in [0.717, 1.165) is 21.4 Å². The van der Waals surface area contributed by atoms with E-state index in [0.29, 0.717) is 11.3 Å². The molecule has 0 saturated heterocycles. The van der Waals surface area contributed by atoms with E-state index in [-0.39, 0.29) is 24.3 Å². The third-order valence-corrected chi connectivity index (χ3v) is 5.59. The number of methoxy groups -OCH3 is 1. The topological polar surface area (TPSA) is 92.1 Å². The smallest absolute Gasteiger partial charge is 0.347 e. The van der Waals surface area contributed by atoms with E-state index in [2.05, 4.69) is 5.10 Å². The van der Waals surface area contributed by atoms with Crippen LogP contribution in [0.2, 0.25) is 0 Å². The van der Waals surface area contributed by atoms with Gasteiger partial charge in [-0.25, -0.2) is 22.6 Å². The average Bonchev–Trinajstić information content (AvgIpc) is 2.84. The van der Waals surface area contributed by atoms with Gasteiger partial charge in [-0.05, 0) is 42.3 Å². The number of nitrogen functional groups attached to an aromatic ring is 1. The second-order valence-corrected chi connectivity index (χ2v) is 7.72. The molecule has 1 heterocycles. The molecule has 0 atom stereocenters. The van der Waals surface area contributed by atoms with Crippen molar-refractivity contribution in [3.8, 4) is 17.0 Å². The van der Waals surface area contributed by atoms with Crippen molar-refractivity contribution < 1.29 is 17.9 Å². The SMILES string of the molecule is COc1cccc(-c2nn(Cc3c(F)cccc3F)c(=O)n(CCc3ccccc3N)c2=O)c1F. The zero-order valence-corrected chi connectivity index (χ0v) is 18.7. The normalized spacial score (nSPS) is 11.0. The largest absolute Gasteiger partial charge is 0.494 e. The summed E-state index contributed by atoms with van der Waals surface area (Å²) >= 11 is 0.